The van der Waals surface area contributed by atoms with Crippen molar-refractivity contribution in [1.29, 1.82) is 0 Å². The summed E-state index contributed by atoms with van der Waals surface area (Å²) in [5.74, 6) is 0.312. The Kier molecular flexibility index (Phi) is 6.01. The van der Waals surface area contributed by atoms with Crippen molar-refractivity contribution in [1.82, 2.24) is 9.47 Å². The highest BCUT2D eigenvalue weighted by atomic mass is 32.1. The van der Waals surface area contributed by atoms with Crippen LogP contribution < -0.4 is 10.1 Å². The first-order valence-corrected chi connectivity index (χ1v) is 13.3. The number of aromatic nitrogens is 1. The number of ether oxygens (including phenoxy) is 1. The van der Waals surface area contributed by atoms with Crippen LogP contribution in [-0.2, 0) is 19.4 Å². The molecule has 0 saturated carbocycles. The average molecular weight is 502 g/mol. The van der Waals surface area contributed by atoms with E-state index in [4.69, 9.17) is 4.74 Å². The SMILES string of the molecule is CCOc1cccc(C2c3cccn3-c3sc4c(c3CN2C(=O)Nc2ccccc2F)CCCC4)c1. The Balaban J connectivity index is 1.50. The molecule has 1 aliphatic carbocycles. The topological polar surface area (TPSA) is 46.5 Å². The van der Waals surface area contributed by atoms with Gasteiger partial charge in [0.1, 0.15) is 16.6 Å². The van der Waals surface area contributed by atoms with Crippen molar-refractivity contribution in [3.63, 3.8) is 0 Å². The number of nitrogens with zero attached hydrogens (tertiary/aromatic N) is 2. The molecule has 2 aromatic carbocycles. The number of hydrogen-bond acceptors (Lipinski definition) is 3. The van der Waals surface area contributed by atoms with Gasteiger partial charge in [0.15, 0.2) is 0 Å². The molecular weight excluding hydrogens is 473 g/mol. The fourth-order valence-electron chi connectivity index (χ4n) is 5.43. The number of benzene rings is 2. The normalized spacial score (nSPS) is 16.5. The lowest BCUT2D eigenvalue weighted by atomic mass is 9.95. The largest absolute Gasteiger partial charge is 0.494 e. The van der Waals surface area contributed by atoms with Gasteiger partial charge < -0.3 is 19.5 Å². The van der Waals surface area contributed by atoms with Gasteiger partial charge in [0.05, 0.1) is 30.6 Å². The molecule has 3 heterocycles. The van der Waals surface area contributed by atoms with Gasteiger partial charge in [0.2, 0.25) is 0 Å². The number of para-hydroxylation sites is 1. The van der Waals surface area contributed by atoms with Gasteiger partial charge in [-0.25, -0.2) is 9.18 Å². The fourth-order valence-corrected chi connectivity index (χ4v) is 6.83. The number of halogens is 1. The molecule has 1 aliphatic heterocycles. The van der Waals surface area contributed by atoms with Crippen molar-refractivity contribution in [3.8, 4) is 10.8 Å². The van der Waals surface area contributed by atoms with Crippen molar-refractivity contribution in [2.75, 3.05) is 11.9 Å². The second-order valence-electron chi connectivity index (χ2n) is 9.24. The van der Waals surface area contributed by atoms with E-state index >= 15 is 0 Å². The summed E-state index contributed by atoms with van der Waals surface area (Å²) in [6.45, 7) is 2.97. The number of anilines is 1. The summed E-state index contributed by atoms with van der Waals surface area (Å²) in [5, 5.41) is 4.04. The number of carbonyl (C=O) groups excluding carboxylic acids is 1. The Bertz CT molecular complexity index is 1430. The molecule has 0 bridgehead atoms. The van der Waals surface area contributed by atoms with Gasteiger partial charge in [-0.05, 0) is 80.1 Å². The summed E-state index contributed by atoms with van der Waals surface area (Å²) in [5.41, 5.74) is 4.72. The molecule has 0 saturated heterocycles. The van der Waals surface area contributed by atoms with Crippen molar-refractivity contribution in [2.45, 2.75) is 45.2 Å². The zero-order valence-electron chi connectivity index (χ0n) is 20.2. The third-order valence-corrected chi connectivity index (χ3v) is 8.37. The number of hydrogen-bond donors (Lipinski definition) is 1. The van der Waals surface area contributed by atoms with E-state index in [1.165, 1.54) is 33.5 Å². The van der Waals surface area contributed by atoms with E-state index in [1.54, 1.807) is 18.2 Å². The molecule has 0 fully saturated rings. The van der Waals surface area contributed by atoms with Crippen LogP contribution in [0, 0.1) is 5.82 Å². The first-order chi connectivity index (χ1) is 17.6. The lowest BCUT2D eigenvalue weighted by Gasteiger charge is -2.31. The van der Waals surface area contributed by atoms with Gasteiger partial charge in [-0.3, -0.25) is 0 Å². The molecule has 1 unspecified atom stereocenters. The molecule has 184 valence electrons. The third kappa shape index (κ3) is 3.97. The van der Waals surface area contributed by atoms with E-state index < -0.39 is 5.82 Å². The molecule has 2 amide bonds. The van der Waals surface area contributed by atoms with Crippen LogP contribution in [0.2, 0.25) is 0 Å². The highest BCUT2D eigenvalue weighted by molar-refractivity contribution is 7.15. The summed E-state index contributed by atoms with van der Waals surface area (Å²) in [4.78, 5) is 17.2. The van der Waals surface area contributed by atoms with Gasteiger partial charge in [0, 0.05) is 16.6 Å². The van der Waals surface area contributed by atoms with Crippen LogP contribution in [-0.4, -0.2) is 22.1 Å². The van der Waals surface area contributed by atoms with Crippen LogP contribution >= 0.6 is 11.3 Å². The number of amides is 2. The minimum absolute atomic E-state index is 0.177. The quantitative estimate of drug-likeness (QED) is 0.324. The number of thiophene rings is 1. The molecule has 6 rings (SSSR count). The highest BCUT2D eigenvalue weighted by Gasteiger charge is 2.36. The Morgan fingerprint density at radius 2 is 1.94 bits per heavy atom. The molecular formula is C29H28FN3O2S. The molecule has 0 spiro atoms. The van der Waals surface area contributed by atoms with E-state index in [2.05, 4.69) is 22.1 Å². The Hall–Kier alpha value is -3.58. The third-order valence-electron chi connectivity index (χ3n) is 7.04. The lowest BCUT2D eigenvalue weighted by molar-refractivity contribution is 0.194. The van der Waals surface area contributed by atoms with Crippen molar-refractivity contribution < 1.29 is 13.9 Å². The zero-order valence-corrected chi connectivity index (χ0v) is 21.0. The minimum atomic E-state index is -0.451. The minimum Gasteiger partial charge on any atom is -0.494 e. The molecule has 2 aromatic heterocycles. The van der Waals surface area contributed by atoms with E-state index in [9.17, 15) is 9.18 Å². The number of urea groups is 1. The second kappa shape index (κ2) is 9.47. The maximum absolute atomic E-state index is 14.5. The summed E-state index contributed by atoms with van der Waals surface area (Å²) >= 11 is 1.85. The molecule has 4 aromatic rings. The molecule has 2 aliphatic rings. The van der Waals surface area contributed by atoms with Crippen LogP contribution in [0.5, 0.6) is 5.75 Å². The fraction of sp³-hybridized carbons (Fsp3) is 0.276. The van der Waals surface area contributed by atoms with E-state index in [1.807, 2.05) is 53.5 Å². The van der Waals surface area contributed by atoms with Gasteiger partial charge in [-0.1, -0.05) is 24.3 Å². The predicted octanol–water partition coefficient (Wildman–Crippen LogP) is 7.09. The van der Waals surface area contributed by atoms with E-state index in [0.717, 1.165) is 36.3 Å². The summed E-state index contributed by atoms with van der Waals surface area (Å²) in [7, 11) is 0. The first kappa shape index (κ1) is 22.9. The van der Waals surface area contributed by atoms with Gasteiger partial charge in [-0.15, -0.1) is 11.3 Å². The van der Waals surface area contributed by atoms with Gasteiger partial charge >= 0.3 is 6.03 Å². The van der Waals surface area contributed by atoms with Gasteiger partial charge in [0.25, 0.3) is 0 Å². The lowest BCUT2D eigenvalue weighted by Crippen LogP contribution is -2.38. The molecule has 1 atom stereocenters. The van der Waals surface area contributed by atoms with Gasteiger partial charge in [-0.2, -0.15) is 0 Å². The maximum Gasteiger partial charge on any atom is 0.323 e. The Labute approximate surface area is 214 Å². The zero-order chi connectivity index (χ0) is 24.6. The number of aryl methyl sites for hydroxylation is 1. The molecule has 36 heavy (non-hydrogen) atoms. The highest BCUT2D eigenvalue weighted by Crippen LogP contribution is 2.44. The van der Waals surface area contributed by atoms with Crippen molar-refractivity contribution in [3.05, 3.63) is 99.9 Å². The first-order valence-electron chi connectivity index (χ1n) is 12.5. The summed E-state index contributed by atoms with van der Waals surface area (Å²) in [6, 6.07) is 17.6. The van der Waals surface area contributed by atoms with Crippen LogP contribution in [0.15, 0.2) is 66.9 Å². The van der Waals surface area contributed by atoms with Crippen LogP contribution in [0.25, 0.3) is 5.00 Å². The summed E-state index contributed by atoms with van der Waals surface area (Å²) < 4.78 is 22.5. The average Bonchev–Trinajstić information content (AvgIpc) is 3.47. The Morgan fingerprint density at radius 1 is 1.08 bits per heavy atom. The molecule has 0 radical (unpaired) electrons. The standard InChI is InChI=1S/C29H28FN3O2S/c1-2-35-20-10-7-9-19(17-20)27-25-14-8-16-32(25)28-22(21-11-3-6-15-26(21)36-28)18-33(27)29(34)31-24-13-5-4-12-23(24)30/h4-5,7-10,12-14,16-17,27H,2-3,6,11,15,18H2,1H3,(H,31,34). The maximum atomic E-state index is 14.5. The second-order valence-corrected chi connectivity index (χ2v) is 10.3. The number of rotatable bonds is 4. The van der Waals surface area contributed by atoms with E-state index in [0.29, 0.717) is 13.2 Å². The molecule has 5 nitrogen and oxygen atoms in total. The Morgan fingerprint density at radius 3 is 2.81 bits per heavy atom. The van der Waals surface area contributed by atoms with Crippen LogP contribution in [0.1, 0.15) is 53.1 Å². The number of nitrogens with one attached hydrogen (secondary N) is 1. The molecule has 7 heteroatoms. The van der Waals surface area contributed by atoms with Crippen LogP contribution in [0.4, 0.5) is 14.9 Å². The predicted molar refractivity (Wildman–Crippen MR) is 141 cm³/mol. The van der Waals surface area contributed by atoms with Crippen molar-refractivity contribution >= 4 is 23.1 Å². The number of carbonyl (C=O) groups is 1. The monoisotopic (exact) mass is 501 g/mol. The van der Waals surface area contributed by atoms with Crippen LogP contribution in [0.3, 0.4) is 0 Å². The molecule has 1 N–H and O–H groups in total. The smallest absolute Gasteiger partial charge is 0.323 e. The number of fused-ring (bicyclic) bond motifs is 5. The summed E-state index contributed by atoms with van der Waals surface area (Å²) in [6.07, 6.45) is 6.58. The van der Waals surface area contributed by atoms with E-state index in [-0.39, 0.29) is 17.8 Å². The van der Waals surface area contributed by atoms with Crippen molar-refractivity contribution in [2.24, 2.45) is 0 Å².